The van der Waals surface area contributed by atoms with Gasteiger partial charge in [-0.1, -0.05) is 6.07 Å². The van der Waals surface area contributed by atoms with Gasteiger partial charge >= 0.3 is 5.97 Å². The minimum absolute atomic E-state index is 0.0439. The van der Waals surface area contributed by atoms with Crippen LogP contribution in [0.5, 0.6) is 5.75 Å². The summed E-state index contributed by atoms with van der Waals surface area (Å²) in [4.78, 5) is 55.5. The Balaban J connectivity index is 0.921. The van der Waals surface area contributed by atoms with Gasteiger partial charge in [0.05, 0.1) is 11.6 Å². The van der Waals surface area contributed by atoms with E-state index in [0.717, 1.165) is 70.6 Å². The van der Waals surface area contributed by atoms with E-state index in [1.165, 1.54) is 36.4 Å². The molecule has 4 aromatic rings. The van der Waals surface area contributed by atoms with Crippen molar-refractivity contribution in [2.45, 2.75) is 70.4 Å². The van der Waals surface area contributed by atoms with E-state index in [4.69, 9.17) is 21.5 Å². The number of carbonyl (C=O) groups excluding carboxylic acids is 2. The number of amides is 2. The maximum absolute atomic E-state index is 13.8. The smallest absolute Gasteiger partial charge is 0.336 e. The Hall–Kier alpha value is -7.38. The number of phenols is 1. The maximum Gasteiger partial charge on any atom is 0.336 e. The van der Waals surface area contributed by atoms with E-state index < -0.39 is 5.97 Å². The lowest BCUT2D eigenvalue weighted by atomic mass is 9.89. The molecule has 13 heteroatoms. The normalized spacial score (nSPS) is 14.9. The summed E-state index contributed by atoms with van der Waals surface area (Å²) >= 11 is 4.99. The third kappa shape index (κ3) is 8.81. The molecule has 0 spiro atoms. The molecule has 0 saturated heterocycles. The third-order valence-electron chi connectivity index (χ3n) is 13.3. The van der Waals surface area contributed by atoms with Crippen molar-refractivity contribution < 1.29 is 33.4 Å². The molecule has 0 atom stereocenters. The zero-order valence-electron chi connectivity index (χ0n) is 38.4. The fourth-order valence-corrected chi connectivity index (χ4v) is 10.1. The highest BCUT2D eigenvalue weighted by Gasteiger charge is 2.28. The summed E-state index contributed by atoms with van der Waals surface area (Å²) < 4.78 is 14.9. The Bertz CT molecular complexity index is 3340. The highest BCUT2D eigenvalue weighted by Crippen LogP contribution is 2.44. The first-order valence-corrected chi connectivity index (χ1v) is 23.7. The van der Waals surface area contributed by atoms with Crippen LogP contribution in [0.3, 0.4) is 0 Å². The Morgan fingerprint density at radius 3 is 1.82 bits per heavy atom. The zero-order valence-corrected chi connectivity index (χ0v) is 39.3. The van der Waals surface area contributed by atoms with Crippen LogP contribution in [0.4, 0.5) is 5.69 Å². The number of carbonyl (C=O) groups is 3. The number of carboxylic acids is 1. The van der Waals surface area contributed by atoms with E-state index in [0.29, 0.717) is 52.7 Å². The molecule has 2 heterocycles. The molecule has 1 saturated carbocycles. The number of nitrogens with one attached hydrogen (secondary N) is 2. The third-order valence-corrected chi connectivity index (χ3v) is 13.7. The largest absolute Gasteiger partial charge is 0.508 e. The van der Waals surface area contributed by atoms with E-state index in [1.54, 1.807) is 18.2 Å². The summed E-state index contributed by atoms with van der Waals surface area (Å²) in [5.74, 6) is -0.851. The molecule has 0 radical (unpaired) electrons. The van der Waals surface area contributed by atoms with Crippen LogP contribution in [0.2, 0.25) is 0 Å². The Morgan fingerprint density at radius 1 is 0.647 bits per heavy atom. The van der Waals surface area contributed by atoms with Crippen LogP contribution in [-0.4, -0.2) is 66.3 Å². The van der Waals surface area contributed by atoms with Gasteiger partial charge in [0.25, 0.3) is 11.8 Å². The van der Waals surface area contributed by atoms with Gasteiger partial charge in [-0.15, -0.1) is 12.6 Å². The highest BCUT2D eigenvalue weighted by atomic mass is 32.1. The second-order valence-corrected chi connectivity index (χ2v) is 17.8. The van der Waals surface area contributed by atoms with Crippen LogP contribution in [-0.2, 0) is 0 Å². The molecule has 0 bridgehead atoms. The van der Waals surface area contributed by atoms with Crippen molar-refractivity contribution in [3.8, 4) is 50.7 Å². The molecule has 5 aliphatic rings. The van der Waals surface area contributed by atoms with Crippen molar-refractivity contribution in [1.82, 2.24) is 15.2 Å². The molecule has 346 valence electrons. The molecule has 9 rings (SSSR count). The number of hydrogen-bond donors (Lipinski definition) is 5. The lowest BCUT2D eigenvalue weighted by molar-refractivity contribution is 0.0696. The zero-order chi connectivity index (χ0) is 47.8. The molecule has 4 aromatic carbocycles. The minimum atomic E-state index is -1.20. The number of phenolic OH excluding ortho intramolecular Hbond substituents is 1. The highest BCUT2D eigenvalue weighted by molar-refractivity contribution is 7.80. The molecule has 0 unspecified atom stereocenters. The lowest BCUT2D eigenvalue weighted by Crippen LogP contribution is -2.43. The standard InChI is InChI=1S/C55H52N4O8S/c1-5-58(6-2)35-15-21-40-46(27-35)66-47-28-36(59(7-3)8-4)16-22-41(47)51(40)44-20-10-32(26-50(44)68)54(63)57-34-13-11-33(12-14-34)56-53(62)31-9-19-39(55(64)65)45(25-31)52-42-23-17-37(60)29-48(42)67-49-30-38(61)18-24-43(49)52/h9-10,15-30,33-34H,5-8,11-14H2,1-4H3,(H4,56,57,60,61,62,63,64,65)/p+1/t33-,34-. The second kappa shape index (κ2) is 19.1. The summed E-state index contributed by atoms with van der Waals surface area (Å²) in [6.07, 6.45) is 2.52. The van der Waals surface area contributed by atoms with Crippen molar-refractivity contribution in [1.29, 1.82) is 0 Å². The van der Waals surface area contributed by atoms with Gasteiger partial charge in [0.15, 0.2) is 5.43 Å². The van der Waals surface area contributed by atoms with Crippen molar-refractivity contribution in [3.05, 3.63) is 141 Å². The Kier molecular flexibility index (Phi) is 12.8. The number of rotatable bonds is 12. The molecule has 2 aliphatic heterocycles. The fourth-order valence-electron chi connectivity index (χ4n) is 9.76. The SMILES string of the molecule is CCN(CC)c1ccc2c(-c3ccc(C(=O)N[C@H]4CC[C@H](NC(=O)c5ccc(C(=O)O)c(-c6c7ccc(=O)cc-7oc7cc(O)ccc67)c5)CC4)cc3S)c3ccc(=[N+](CC)CC)cc-3oc2c1. The van der Waals surface area contributed by atoms with Crippen LogP contribution in [0.25, 0.3) is 66.8 Å². The molecule has 2 amide bonds. The Labute approximate surface area is 398 Å². The predicted octanol–water partition coefficient (Wildman–Crippen LogP) is 9.90. The number of nitrogens with zero attached hydrogens (tertiary/aromatic N) is 2. The van der Waals surface area contributed by atoms with Gasteiger partial charge in [-0.3, -0.25) is 14.4 Å². The summed E-state index contributed by atoms with van der Waals surface area (Å²) in [6, 6.07) is 31.2. The topological polar surface area (TPSA) is 165 Å². The summed E-state index contributed by atoms with van der Waals surface area (Å²) in [5, 5.41) is 29.4. The van der Waals surface area contributed by atoms with Crippen LogP contribution in [0.1, 0.15) is 84.5 Å². The Morgan fingerprint density at radius 2 is 1.21 bits per heavy atom. The van der Waals surface area contributed by atoms with Crippen molar-refractivity contribution in [2.24, 2.45) is 0 Å². The van der Waals surface area contributed by atoms with Gasteiger partial charge in [0.2, 0.25) is 5.36 Å². The fraction of sp³-hybridized carbons (Fsp3) is 0.255. The molecule has 3 aliphatic carbocycles. The van der Waals surface area contributed by atoms with Crippen LogP contribution >= 0.6 is 12.6 Å². The minimum Gasteiger partial charge on any atom is -0.508 e. The van der Waals surface area contributed by atoms with E-state index in [9.17, 15) is 29.4 Å². The number of benzene rings is 6. The summed E-state index contributed by atoms with van der Waals surface area (Å²) in [6.45, 7) is 12.0. The van der Waals surface area contributed by atoms with E-state index in [2.05, 4.69) is 84.2 Å². The molecule has 1 fully saturated rings. The first kappa shape index (κ1) is 45.8. The molecule has 12 nitrogen and oxygen atoms in total. The molecular weight excluding hydrogens is 877 g/mol. The lowest BCUT2D eigenvalue weighted by Gasteiger charge is -2.30. The number of thiol groups is 1. The average molecular weight is 930 g/mol. The summed E-state index contributed by atoms with van der Waals surface area (Å²) in [7, 11) is 0. The maximum atomic E-state index is 13.8. The van der Waals surface area contributed by atoms with Gasteiger partial charge < -0.3 is 34.6 Å². The quantitative estimate of drug-likeness (QED) is 0.0456. The number of carboxylic acid groups (broad SMARTS) is 1. The average Bonchev–Trinajstić information content (AvgIpc) is 3.33. The van der Waals surface area contributed by atoms with E-state index in [-0.39, 0.29) is 63.1 Å². The summed E-state index contributed by atoms with van der Waals surface area (Å²) in [5.41, 5.74) is 6.54. The second-order valence-electron chi connectivity index (χ2n) is 17.3. The predicted molar refractivity (Wildman–Crippen MR) is 270 cm³/mol. The number of fused-ring (bicyclic) bond motifs is 4. The van der Waals surface area contributed by atoms with E-state index >= 15 is 0 Å². The van der Waals surface area contributed by atoms with Crippen LogP contribution in [0, 0.1) is 0 Å². The molecular formula is C55H53N4O8S+. The van der Waals surface area contributed by atoms with Crippen LogP contribution < -0.4 is 30.9 Å². The van der Waals surface area contributed by atoms with Gasteiger partial charge in [-0.25, -0.2) is 9.37 Å². The van der Waals surface area contributed by atoms with Gasteiger partial charge in [-0.2, -0.15) is 0 Å². The first-order valence-electron chi connectivity index (χ1n) is 23.2. The number of aromatic carboxylic acids is 1. The monoisotopic (exact) mass is 929 g/mol. The van der Waals surface area contributed by atoms with E-state index in [1.807, 2.05) is 18.2 Å². The molecule has 68 heavy (non-hydrogen) atoms. The van der Waals surface area contributed by atoms with Crippen molar-refractivity contribution in [2.75, 3.05) is 31.1 Å². The van der Waals surface area contributed by atoms with Crippen molar-refractivity contribution in [3.63, 3.8) is 0 Å². The number of aromatic hydroxyl groups is 1. The molecule has 4 N–H and O–H groups in total. The van der Waals surface area contributed by atoms with Gasteiger partial charge in [0.1, 0.15) is 41.5 Å². The van der Waals surface area contributed by atoms with Gasteiger partial charge in [0, 0.05) is 104 Å². The number of hydrogen-bond acceptors (Lipinski definition) is 9. The van der Waals surface area contributed by atoms with Crippen LogP contribution in [0.15, 0.2) is 128 Å². The first-order chi connectivity index (χ1) is 32.9. The van der Waals surface area contributed by atoms with Gasteiger partial charge in [-0.05, 0) is 137 Å². The molecule has 0 aromatic heterocycles. The number of anilines is 1. The van der Waals surface area contributed by atoms with Crippen molar-refractivity contribution >= 4 is 58.0 Å².